The molecular weight excluding hydrogens is 228 g/mol. The standard InChI is InChI=1S/C15H14O3/c16-14-10-11-6-4-5-9-13(11)18-15(14,17)12-7-2-1-3-8-12/h1-9,14,16-17H,10H2/t14-,15+/m0/s1. The highest BCUT2D eigenvalue weighted by atomic mass is 16.6. The van der Waals surface area contributed by atoms with Gasteiger partial charge in [-0.2, -0.15) is 0 Å². The van der Waals surface area contributed by atoms with Crippen molar-refractivity contribution in [1.29, 1.82) is 0 Å². The lowest BCUT2D eigenvalue weighted by Crippen LogP contribution is -2.48. The van der Waals surface area contributed by atoms with Gasteiger partial charge in [0.1, 0.15) is 11.9 Å². The Morgan fingerprint density at radius 1 is 1.00 bits per heavy atom. The summed E-state index contributed by atoms with van der Waals surface area (Å²) in [5.41, 5.74) is 1.47. The van der Waals surface area contributed by atoms with Crippen LogP contribution in [-0.2, 0) is 12.2 Å². The van der Waals surface area contributed by atoms with Crippen molar-refractivity contribution in [2.75, 3.05) is 0 Å². The van der Waals surface area contributed by atoms with Crippen molar-refractivity contribution in [2.45, 2.75) is 18.3 Å². The van der Waals surface area contributed by atoms with Gasteiger partial charge in [-0.15, -0.1) is 0 Å². The van der Waals surface area contributed by atoms with Crippen LogP contribution in [0.25, 0.3) is 0 Å². The van der Waals surface area contributed by atoms with Gasteiger partial charge in [0, 0.05) is 12.0 Å². The molecule has 1 aliphatic rings. The lowest BCUT2D eigenvalue weighted by Gasteiger charge is -2.38. The SMILES string of the molecule is O[C@H]1Cc2ccccc2O[C@]1(O)c1ccccc1. The summed E-state index contributed by atoms with van der Waals surface area (Å²) in [4.78, 5) is 0. The van der Waals surface area contributed by atoms with Gasteiger partial charge in [0.15, 0.2) is 0 Å². The van der Waals surface area contributed by atoms with E-state index in [0.29, 0.717) is 17.7 Å². The molecule has 0 fully saturated rings. The van der Waals surface area contributed by atoms with Crippen LogP contribution in [0.2, 0.25) is 0 Å². The van der Waals surface area contributed by atoms with E-state index in [2.05, 4.69) is 0 Å². The summed E-state index contributed by atoms with van der Waals surface area (Å²) in [6, 6.07) is 16.4. The first-order valence-electron chi connectivity index (χ1n) is 5.93. The summed E-state index contributed by atoms with van der Waals surface area (Å²) < 4.78 is 5.62. The Kier molecular flexibility index (Phi) is 2.58. The van der Waals surface area contributed by atoms with Crippen LogP contribution in [0.5, 0.6) is 5.75 Å². The molecule has 0 aliphatic carbocycles. The van der Waals surface area contributed by atoms with Crippen molar-refractivity contribution >= 4 is 0 Å². The van der Waals surface area contributed by atoms with Gasteiger partial charge in [0.2, 0.25) is 0 Å². The highest BCUT2D eigenvalue weighted by Gasteiger charge is 2.43. The Morgan fingerprint density at radius 2 is 1.67 bits per heavy atom. The Bertz CT molecular complexity index is 553. The molecule has 0 amide bonds. The molecule has 0 bridgehead atoms. The molecule has 0 saturated heterocycles. The molecule has 3 heteroatoms. The first kappa shape index (κ1) is 11.3. The van der Waals surface area contributed by atoms with Crippen molar-refractivity contribution in [3.05, 3.63) is 65.7 Å². The highest BCUT2D eigenvalue weighted by Crippen LogP contribution is 2.37. The van der Waals surface area contributed by atoms with E-state index in [1.165, 1.54) is 0 Å². The summed E-state index contributed by atoms with van der Waals surface area (Å²) in [5.74, 6) is -1.05. The van der Waals surface area contributed by atoms with Crippen LogP contribution < -0.4 is 4.74 Å². The minimum absolute atomic E-state index is 0.377. The normalized spacial score (nSPS) is 26.2. The Morgan fingerprint density at radius 3 is 2.44 bits per heavy atom. The molecule has 0 saturated carbocycles. The van der Waals surface area contributed by atoms with E-state index in [1.807, 2.05) is 36.4 Å². The molecule has 1 heterocycles. The van der Waals surface area contributed by atoms with E-state index in [1.54, 1.807) is 18.2 Å². The number of hydrogen-bond acceptors (Lipinski definition) is 3. The van der Waals surface area contributed by atoms with E-state index >= 15 is 0 Å². The zero-order chi connectivity index (χ0) is 12.6. The topological polar surface area (TPSA) is 49.7 Å². The molecule has 2 aromatic rings. The molecule has 2 aromatic carbocycles. The minimum Gasteiger partial charge on any atom is -0.455 e. The maximum atomic E-state index is 10.6. The number of para-hydroxylation sites is 1. The third kappa shape index (κ3) is 1.68. The minimum atomic E-state index is -1.67. The molecule has 2 atom stereocenters. The number of hydrogen-bond donors (Lipinski definition) is 2. The zero-order valence-electron chi connectivity index (χ0n) is 9.78. The number of benzene rings is 2. The zero-order valence-corrected chi connectivity index (χ0v) is 9.78. The Balaban J connectivity index is 2.05. The van der Waals surface area contributed by atoms with Crippen molar-refractivity contribution < 1.29 is 14.9 Å². The second-order valence-corrected chi connectivity index (χ2v) is 4.49. The maximum Gasteiger partial charge on any atom is 0.261 e. The van der Waals surface area contributed by atoms with E-state index in [9.17, 15) is 10.2 Å². The van der Waals surface area contributed by atoms with Gasteiger partial charge in [0.25, 0.3) is 5.79 Å². The van der Waals surface area contributed by atoms with Crippen LogP contribution in [0.15, 0.2) is 54.6 Å². The van der Waals surface area contributed by atoms with Gasteiger partial charge in [-0.3, -0.25) is 0 Å². The third-order valence-corrected chi connectivity index (χ3v) is 3.29. The van der Waals surface area contributed by atoms with Crippen LogP contribution in [0, 0.1) is 0 Å². The van der Waals surface area contributed by atoms with Crippen molar-refractivity contribution in [3.63, 3.8) is 0 Å². The fraction of sp³-hybridized carbons (Fsp3) is 0.200. The summed E-state index contributed by atoms with van der Waals surface area (Å²) in [6.07, 6.45) is -0.600. The van der Waals surface area contributed by atoms with E-state index in [-0.39, 0.29) is 0 Å². The molecule has 3 nitrogen and oxygen atoms in total. The summed E-state index contributed by atoms with van der Waals surface area (Å²) in [5, 5.41) is 20.7. The number of aliphatic hydroxyl groups is 2. The Labute approximate surface area is 105 Å². The molecule has 2 N–H and O–H groups in total. The second kappa shape index (κ2) is 4.12. The number of aliphatic hydroxyl groups excluding tert-OH is 1. The first-order chi connectivity index (χ1) is 8.70. The smallest absolute Gasteiger partial charge is 0.261 e. The summed E-state index contributed by atoms with van der Waals surface area (Å²) in [6.45, 7) is 0. The predicted octanol–water partition coefficient (Wildman–Crippen LogP) is 1.83. The van der Waals surface area contributed by atoms with Crippen molar-refractivity contribution in [2.24, 2.45) is 0 Å². The second-order valence-electron chi connectivity index (χ2n) is 4.49. The van der Waals surface area contributed by atoms with Gasteiger partial charge < -0.3 is 14.9 Å². The lowest BCUT2D eigenvalue weighted by molar-refractivity contribution is -0.222. The van der Waals surface area contributed by atoms with Crippen LogP contribution >= 0.6 is 0 Å². The van der Waals surface area contributed by atoms with Gasteiger partial charge in [-0.05, 0) is 11.6 Å². The average molecular weight is 242 g/mol. The molecule has 0 aromatic heterocycles. The Hall–Kier alpha value is -1.84. The van der Waals surface area contributed by atoms with Gasteiger partial charge in [-0.25, -0.2) is 0 Å². The largest absolute Gasteiger partial charge is 0.455 e. The molecule has 92 valence electrons. The van der Waals surface area contributed by atoms with E-state index < -0.39 is 11.9 Å². The molecule has 0 spiro atoms. The number of rotatable bonds is 1. The molecule has 1 aliphatic heterocycles. The average Bonchev–Trinajstić information content (AvgIpc) is 2.41. The fourth-order valence-corrected chi connectivity index (χ4v) is 2.28. The third-order valence-electron chi connectivity index (χ3n) is 3.29. The van der Waals surface area contributed by atoms with Crippen LogP contribution in [0.3, 0.4) is 0 Å². The number of ether oxygens (including phenoxy) is 1. The molecule has 18 heavy (non-hydrogen) atoms. The quantitative estimate of drug-likeness (QED) is 0.802. The van der Waals surface area contributed by atoms with Crippen molar-refractivity contribution in [1.82, 2.24) is 0 Å². The lowest BCUT2D eigenvalue weighted by atomic mass is 9.91. The summed E-state index contributed by atoms with van der Waals surface area (Å²) in [7, 11) is 0. The molecule has 3 rings (SSSR count). The van der Waals surface area contributed by atoms with Crippen LogP contribution in [-0.4, -0.2) is 16.3 Å². The van der Waals surface area contributed by atoms with Gasteiger partial charge in [0.05, 0.1) is 0 Å². The fourth-order valence-electron chi connectivity index (χ4n) is 2.28. The van der Waals surface area contributed by atoms with E-state index in [0.717, 1.165) is 5.56 Å². The molecule has 0 radical (unpaired) electrons. The van der Waals surface area contributed by atoms with E-state index in [4.69, 9.17) is 4.74 Å². The van der Waals surface area contributed by atoms with Crippen molar-refractivity contribution in [3.8, 4) is 5.75 Å². The highest BCUT2D eigenvalue weighted by molar-refractivity contribution is 5.38. The maximum absolute atomic E-state index is 10.6. The first-order valence-corrected chi connectivity index (χ1v) is 5.93. The molecular formula is C15H14O3. The molecule has 0 unspecified atom stereocenters. The van der Waals surface area contributed by atoms with Gasteiger partial charge in [-0.1, -0.05) is 48.5 Å². The summed E-state index contributed by atoms with van der Waals surface area (Å²) >= 11 is 0. The predicted molar refractivity (Wildman–Crippen MR) is 67.1 cm³/mol. The van der Waals surface area contributed by atoms with Crippen LogP contribution in [0.4, 0.5) is 0 Å². The monoisotopic (exact) mass is 242 g/mol. The van der Waals surface area contributed by atoms with Gasteiger partial charge >= 0.3 is 0 Å². The number of fused-ring (bicyclic) bond motifs is 1. The van der Waals surface area contributed by atoms with Crippen LogP contribution in [0.1, 0.15) is 11.1 Å².